The number of nitrogens with one attached hydrogen (secondary N) is 1. The highest BCUT2D eigenvalue weighted by atomic mass is 79.9. The van der Waals surface area contributed by atoms with Crippen molar-refractivity contribution in [2.45, 2.75) is 25.0 Å². The van der Waals surface area contributed by atoms with Crippen molar-refractivity contribution in [3.8, 4) is 0 Å². The molecule has 0 aromatic heterocycles. The lowest BCUT2D eigenvalue weighted by atomic mass is 9.92. The summed E-state index contributed by atoms with van der Waals surface area (Å²) >= 11 is 9.61. The number of anilines is 1. The summed E-state index contributed by atoms with van der Waals surface area (Å²) in [6.07, 6.45) is 1.26. The molecule has 1 aliphatic heterocycles. The maximum Gasteiger partial charge on any atom is 0.100 e. The molecular formula is C16H15BrClNO. The van der Waals surface area contributed by atoms with Gasteiger partial charge >= 0.3 is 0 Å². The van der Waals surface area contributed by atoms with E-state index in [4.69, 9.17) is 11.6 Å². The lowest BCUT2D eigenvalue weighted by Crippen LogP contribution is -2.31. The Morgan fingerprint density at radius 3 is 2.85 bits per heavy atom. The third-order valence-corrected chi connectivity index (χ3v) is 4.57. The van der Waals surface area contributed by atoms with E-state index in [2.05, 4.69) is 33.4 Å². The van der Waals surface area contributed by atoms with Gasteiger partial charge in [-0.25, -0.2) is 0 Å². The average Bonchev–Trinajstić information content (AvgIpc) is 2.46. The van der Waals surface area contributed by atoms with Crippen LogP contribution in [0.15, 0.2) is 46.9 Å². The van der Waals surface area contributed by atoms with Crippen LogP contribution in [0.5, 0.6) is 0 Å². The molecule has 1 aliphatic rings. The Hall–Kier alpha value is -1.03. The van der Waals surface area contributed by atoms with E-state index in [0.29, 0.717) is 5.02 Å². The quantitative estimate of drug-likeness (QED) is 0.830. The molecule has 2 aromatic rings. The molecule has 2 atom stereocenters. The highest BCUT2D eigenvalue weighted by Crippen LogP contribution is 2.34. The molecular weight excluding hydrogens is 338 g/mol. The van der Waals surface area contributed by atoms with Crippen molar-refractivity contribution in [2.75, 3.05) is 5.32 Å². The van der Waals surface area contributed by atoms with Crippen LogP contribution in [0.4, 0.5) is 5.69 Å². The minimum Gasteiger partial charge on any atom is -0.386 e. The van der Waals surface area contributed by atoms with Crippen LogP contribution in [-0.2, 0) is 6.42 Å². The van der Waals surface area contributed by atoms with Gasteiger partial charge in [0.1, 0.15) is 6.10 Å². The zero-order valence-corrected chi connectivity index (χ0v) is 13.2. The Kier molecular flexibility index (Phi) is 4.01. The van der Waals surface area contributed by atoms with Gasteiger partial charge in [-0.15, -0.1) is 0 Å². The average molecular weight is 353 g/mol. The Balaban J connectivity index is 1.84. The second-order valence-corrected chi connectivity index (χ2v) is 6.38. The monoisotopic (exact) mass is 351 g/mol. The molecule has 2 nitrogen and oxygen atoms in total. The molecule has 0 bridgehead atoms. The zero-order valence-electron chi connectivity index (χ0n) is 10.8. The summed E-state index contributed by atoms with van der Waals surface area (Å²) < 4.78 is 0.917. The van der Waals surface area contributed by atoms with E-state index in [-0.39, 0.29) is 6.04 Å². The minimum atomic E-state index is -0.607. The number of benzene rings is 2. The Bertz CT molecular complexity index is 632. The summed E-state index contributed by atoms with van der Waals surface area (Å²) in [6.45, 7) is 0. The first-order valence-corrected chi connectivity index (χ1v) is 7.79. The summed E-state index contributed by atoms with van der Waals surface area (Å²) in [6, 6.07) is 13.8. The van der Waals surface area contributed by atoms with E-state index in [9.17, 15) is 5.11 Å². The van der Waals surface area contributed by atoms with E-state index < -0.39 is 6.10 Å². The minimum absolute atomic E-state index is 0.0106. The molecule has 4 heteroatoms. The molecule has 2 N–H and O–H groups in total. The number of aliphatic hydroxyl groups is 1. The Morgan fingerprint density at radius 1 is 1.25 bits per heavy atom. The van der Waals surface area contributed by atoms with Crippen LogP contribution >= 0.6 is 27.5 Å². The van der Waals surface area contributed by atoms with Crippen LogP contribution in [0.2, 0.25) is 5.02 Å². The molecule has 2 aromatic carbocycles. The van der Waals surface area contributed by atoms with Crippen LogP contribution in [0, 0.1) is 0 Å². The largest absolute Gasteiger partial charge is 0.386 e. The van der Waals surface area contributed by atoms with Crippen molar-refractivity contribution in [2.24, 2.45) is 0 Å². The predicted octanol–water partition coefficient (Wildman–Crippen LogP) is 4.56. The standard InChI is InChI=1S/C16H15BrClNO/c17-11-6-7-12(13(18)9-11)16(20)15-8-5-10-3-1-2-4-14(10)19-15/h1-4,6-7,9,15-16,19-20H,5,8H2. The summed E-state index contributed by atoms with van der Waals surface area (Å²) in [5, 5.41) is 14.6. The van der Waals surface area contributed by atoms with Crippen molar-refractivity contribution >= 4 is 33.2 Å². The van der Waals surface area contributed by atoms with Gasteiger partial charge in [0.15, 0.2) is 0 Å². The third kappa shape index (κ3) is 2.71. The van der Waals surface area contributed by atoms with Gasteiger partial charge in [-0.2, -0.15) is 0 Å². The van der Waals surface area contributed by atoms with Crippen LogP contribution in [-0.4, -0.2) is 11.1 Å². The molecule has 0 fully saturated rings. The summed E-state index contributed by atoms with van der Waals surface area (Å²) in [5.74, 6) is 0. The predicted molar refractivity (Wildman–Crippen MR) is 86.3 cm³/mol. The SMILES string of the molecule is OC(c1ccc(Br)cc1Cl)C1CCc2ccccc2N1. The fourth-order valence-corrected chi connectivity index (χ4v) is 3.44. The van der Waals surface area contributed by atoms with E-state index in [1.165, 1.54) is 5.56 Å². The normalized spacial score (nSPS) is 19.1. The second-order valence-electron chi connectivity index (χ2n) is 5.06. The van der Waals surface area contributed by atoms with Crippen molar-refractivity contribution in [1.82, 2.24) is 0 Å². The number of fused-ring (bicyclic) bond motifs is 1. The first kappa shape index (κ1) is 13.9. The van der Waals surface area contributed by atoms with Crippen LogP contribution in [0.25, 0.3) is 0 Å². The molecule has 0 radical (unpaired) electrons. The number of halogens is 2. The molecule has 1 heterocycles. The summed E-state index contributed by atoms with van der Waals surface area (Å²) in [4.78, 5) is 0. The van der Waals surface area contributed by atoms with Crippen molar-refractivity contribution in [3.05, 3.63) is 63.1 Å². The highest BCUT2D eigenvalue weighted by Gasteiger charge is 2.26. The van der Waals surface area contributed by atoms with Crippen LogP contribution < -0.4 is 5.32 Å². The molecule has 2 unspecified atom stereocenters. The molecule has 20 heavy (non-hydrogen) atoms. The van der Waals surface area contributed by atoms with E-state index in [0.717, 1.165) is 28.6 Å². The highest BCUT2D eigenvalue weighted by molar-refractivity contribution is 9.10. The van der Waals surface area contributed by atoms with Crippen LogP contribution in [0.1, 0.15) is 23.7 Å². The van der Waals surface area contributed by atoms with Gasteiger partial charge in [-0.05, 0) is 36.6 Å². The van der Waals surface area contributed by atoms with E-state index >= 15 is 0 Å². The topological polar surface area (TPSA) is 32.3 Å². The maximum atomic E-state index is 10.6. The Labute approximate surface area is 131 Å². The molecule has 104 valence electrons. The molecule has 0 saturated carbocycles. The second kappa shape index (κ2) is 5.76. The summed E-state index contributed by atoms with van der Waals surface area (Å²) in [5.41, 5.74) is 3.18. The molecule has 3 rings (SSSR count). The number of aliphatic hydroxyl groups excluding tert-OH is 1. The number of aryl methyl sites for hydroxylation is 1. The molecule has 0 spiro atoms. The van der Waals surface area contributed by atoms with Gasteiger partial charge in [0.05, 0.1) is 6.04 Å². The number of para-hydroxylation sites is 1. The van der Waals surface area contributed by atoms with Crippen LogP contribution in [0.3, 0.4) is 0 Å². The van der Waals surface area contributed by atoms with Gasteiger partial charge in [0.2, 0.25) is 0 Å². The van der Waals surface area contributed by atoms with Gasteiger partial charge in [0, 0.05) is 20.7 Å². The first-order valence-electron chi connectivity index (χ1n) is 6.62. The molecule has 0 amide bonds. The van der Waals surface area contributed by atoms with Crippen molar-refractivity contribution in [1.29, 1.82) is 0 Å². The van der Waals surface area contributed by atoms with Gasteiger partial charge in [-0.3, -0.25) is 0 Å². The molecule has 0 saturated heterocycles. The van der Waals surface area contributed by atoms with Gasteiger partial charge in [0.25, 0.3) is 0 Å². The number of hydrogen-bond acceptors (Lipinski definition) is 2. The fourth-order valence-electron chi connectivity index (χ4n) is 2.66. The van der Waals surface area contributed by atoms with E-state index in [1.54, 1.807) is 0 Å². The van der Waals surface area contributed by atoms with Gasteiger partial charge in [-0.1, -0.05) is 51.8 Å². The lowest BCUT2D eigenvalue weighted by Gasteiger charge is -2.31. The first-order chi connectivity index (χ1) is 9.65. The number of rotatable bonds is 2. The fraction of sp³-hybridized carbons (Fsp3) is 0.250. The Morgan fingerprint density at radius 2 is 2.05 bits per heavy atom. The maximum absolute atomic E-state index is 10.6. The molecule has 0 aliphatic carbocycles. The smallest absolute Gasteiger partial charge is 0.100 e. The van der Waals surface area contributed by atoms with Gasteiger partial charge < -0.3 is 10.4 Å². The third-order valence-electron chi connectivity index (χ3n) is 3.75. The van der Waals surface area contributed by atoms with E-state index in [1.807, 2.05) is 30.3 Å². The summed E-state index contributed by atoms with van der Waals surface area (Å²) in [7, 11) is 0. The zero-order chi connectivity index (χ0) is 14.1. The lowest BCUT2D eigenvalue weighted by molar-refractivity contribution is 0.149. The number of hydrogen-bond donors (Lipinski definition) is 2. The van der Waals surface area contributed by atoms with Crippen molar-refractivity contribution in [3.63, 3.8) is 0 Å². The van der Waals surface area contributed by atoms with Crippen molar-refractivity contribution < 1.29 is 5.11 Å².